The van der Waals surface area contributed by atoms with Gasteiger partial charge in [0.15, 0.2) is 11.5 Å². The fourth-order valence-corrected chi connectivity index (χ4v) is 4.65. The Morgan fingerprint density at radius 1 is 1.32 bits per heavy atom. The zero-order valence-corrected chi connectivity index (χ0v) is 16.1. The average Bonchev–Trinajstić information content (AvgIpc) is 3.12. The summed E-state index contributed by atoms with van der Waals surface area (Å²) in [5.41, 5.74) is 1.92. The van der Waals surface area contributed by atoms with Crippen molar-refractivity contribution in [3.63, 3.8) is 0 Å². The van der Waals surface area contributed by atoms with Gasteiger partial charge in [0.2, 0.25) is 16.8 Å². The molecule has 7 nitrogen and oxygen atoms in total. The van der Waals surface area contributed by atoms with E-state index in [-0.39, 0.29) is 11.7 Å². The standard InChI is InChI=1S/C16H20ClN3O4S/c1-5-19(4)25(21,22)16-10(2)18-20(11(16)3)8-12-6-13(17)15-14(7-12)23-9-24-15/h6-7H,5,8-9H2,1-4H3. The van der Waals surface area contributed by atoms with Crippen molar-refractivity contribution in [1.29, 1.82) is 0 Å². The van der Waals surface area contributed by atoms with Crippen molar-refractivity contribution in [2.75, 3.05) is 20.4 Å². The van der Waals surface area contributed by atoms with Gasteiger partial charge in [0.05, 0.1) is 23.0 Å². The number of fused-ring (bicyclic) bond motifs is 1. The Balaban J connectivity index is 1.98. The molecule has 1 aliphatic heterocycles. The van der Waals surface area contributed by atoms with Crippen LogP contribution in [0.25, 0.3) is 0 Å². The van der Waals surface area contributed by atoms with E-state index >= 15 is 0 Å². The van der Waals surface area contributed by atoms with Crippen LogP contribution in [0.1, 0.15) is 23.9 Å². The lowest BCUT2D eigenvalue weighted by molar-refractivity contribution is 0.174. The van der Waals surface area contributed by atoms with Crippen molar-refractivity contribution in [3.8, 4) is 11.5 Å². The third kappa shape index (κ3) is 3.09. The normalized spacial score (nSPS) is 13.7. The molecule has 0 saturated heterocycles. The lowest BCUT2D eigenvalue weighted by Crippen LogP contribution is -2.27. The second-order valence-electron chi connectivity index (χ2n) is 5.89. The van der Waals surface area contributed by atoms with Crippen LogP contribution in [0.5, 0.6) is 11.5 Å². The summed E-state index contributed by atoms with van der Waals surface area (Å²) >= 11 is 6.21. The molecular formula is C16H20ClN3O4S. The van der Waals surface area contributed by atoms with Crippen LogP contribution in [-0.4, -0.2) is 42.9 Å². The molecule has 0 bridgehead atoms. The molecule has 0 spiro atoms. The molecule has 3 rings (SSSR count). The summed E-state index contributed by atoms with van der Waals surface area (Å²) in [5.74, 6) is 1.12. The smallest absolute Gasteiger partial charge is 0.246 e. The monoisotopic (exact) mass is 385 g/mol. The molecule has 1 aromatic carbocycles. The van der Waals surface area contributed by atoms with Crippen molar-refractivity contribution >= 4 is 21.6 Å². The predicted molar refractivity (Wildman–Crippen MR) is 93.9 cm³/mol. The number of nitrogens with zero attached hydrogens (tertiary/aromatic N) is 3. The fraction of sp³-hybridized carbons (Fsp3) is 0.438. The Hall–Kier alpha value is -1.77. The SMILES string of the molecule is CCN(C)S(=O)(=O)c1c(C)nn(Cc2cc(Cl)c3c(c2)OCO3)c1C. The van der Waals surface area contributed by atoms with Gasteiger partial charge in [0.25, 0.3) is 0 Å². The summed E-state index contributed by atoms with van der Waals surface area (Å²) in [4.78, 5) is 0.253. The highest BCUT2D eigenvalue weighted by Crippen LogP contribution is 2.40. The Bertz CT molecular complexity index is 924. The van der Waals surface area contributed by atoms with Gasteiger partial charge in [0.1, 0.15) is 4.90 Å². The van der Waals surface area contributed by atoms with Gasteiger partial charge in [0, 0.05) is 13.6 Å². The van der Waals surface area contributed by atoms with Crippen LogP contribution in [0.4, 0.5) is 0 Å². The van der Waals surface area contributed by atoms with Gasteiger partial charge >= 0.3 is 0 Å². The Morgan fingerprint density at radius 2 is 2.04 bits per heavy atom. The van der Waals surface area contributed by atoms with Crippen molar-refractivity contribution in [3.05, 3.63) is 34.1 Å². The number of hydrogen-bond donors (Lipinski definition) is 0. The fourth-order valence-electron chi connectivity index (χ4n) is 2.82. The van der Waals surface area contributed by atoms with E-state index in [1.165, 1.54) is 4.31 Å². The van der Waals surface area contributed by atoms with Gasteiger partial charge in [-0.2, -0.15) is 5.10 Å². The summed E-state index contributed by atoms with van der Waals surface area (Å²) < 4.78 is 39.0. The van der Waals surface area contributed by atoms with E-state index in [1.807, 2.05) is 6.07 Å². The van der Waals surface area contributed by atoms with Crippen molar-refractivity contribution in [2.24, 2.45) is 0 Å². The van der Waals surface area contributed by atoms with Crippen LogP contribution in [0, 0.1) is 13.8 Å². The van der Waals surface area contributed by atoms with Crippen molar-refractivity contribution in [1.82, 2.24) is 14.1 Å². The molecule has 1 aliphatic rings. The first kappa shape index (κ1) is 18.0. The quantitative estimate of drug-likeness (QED) is 0.790. The second kappa shape index (κ2) is 6.51. The minimum Gasteiger partial charge on any atom is -0.454 e. The van der Waals surface area contributed by atoms with Crippen LogP contribution in [0.3, 0.4) is 0 Å². The van der Waals surface area contributed by atoms with Crippen LogP contribution in [0.2, 0.25) is 5.02 Å². The molecule has 2 heterocycles. The summed E-state index contributed by atoms with van der Waals surface area (Å²) in [6, 6.07) is 3.61. The maximum atomic E-state index is 12.7. The number of hydrogen-bond acceptors (Lipinski definition) is 5. The molecule has 0 aliphatic carbocycles. The first-order valence-corrected chi connectivity index (χ1v) is 9.65. The first-order valence-electron chi connectivity index (χ1n) is 7.84. The molecule has 0 radical (unpaired) electrons. The van der Waals surface area contributed by atoms with Crippen LogP contribution in [-0.2, 0) is 16.6 Å². The minimum atomic E-state index is -3.56. The highest BCUT2D eigenvalue weighted by molar-refractivity contribution is 7.89. The first-order chi connectivity index (χ1) is 11.8. The molecule has 0 atom stereocenters. The molecule has 2 aromatic rings. The van der Waals surface area contributed by atoms with E-state index in [0.717, 1.165) is 5.56 Å². The Labute approximate surface area is 152 Å². The van der Waals surface area contributed by atoms with Gasteiger partial charge in [-0.1, -0.05) is 18.5 Å². The maximum Gasteiger partial charge on any atom is 0.246 e. The lowest BCUT2D eigenvalue weighted by Gasteiger charge is -2.15. The molecule has 0 fully saturated rings. The van der Waals surface area contributed by atoms with E-state index in [9.17, 15) is 8.42 Å². The van der Waals surface area contributed by atoms with Crippen molar-refractivity contribution < 1.29 is 17.9 Å². The number of aromatic nitrogens is 2. The largest absolute Gasteiger partial charge is 0.454 e. The predicted octanol–water partition coefficient (Wildman–Crippen LogP) is 2.57. The van der Waals surface area contributed by atoms with E-state index in [2.05, 4.69) is 5.10 Å². The van der Waals surface area contributed by atoms with E-state index < -0.39 is 10.0 Å². The summed E-state index contributed by atoms with van der Waals surface area (Å²) in [5, 5.41) is 4.87. The number of ether oxygens (including phenoxy) is 2. The highest BCUT2D eigenvalue weighted by atomic mass is 35.5. The topological polar surface area (TPSA) is 73.7 Å². The summed E-state index contributed by atoms with van der Waals surface area (Å²) in [6.45, 7) is 6.17. The van der Waals surface area contributed by atoms with Gasteiger partial charge in [-0.15, -0.1) is 0 Å². The van der Waals surface area contributed by atoms with E-state index in [4.69, 9.17) is 21.1 Å². The Kier molecular flexibility index (Phi) is 4.70. The number of rotatable bonds is 5. The molecule has 9 heteroatoms. The van der Waals surface area contributed by atoms with E-state index in [0.29, 0.717) is 41.0 Å². The van der Waals surface area contributed by atoms with Crippen molar-refractivity contribution in [2.45, 2.75) is 32.2 Å². The van der Waals surface area contributed by atoms with Gasteiger partial charge < -0.3 is 9.47 Å². The van der Waals surface area contributed by atoms with Crippen LogP contribution >= 0.6 is 11.6 Å². The average molecular weight is 386 g/mol. The van der Waals surface area contributed by atoms with Crippen LogP contribution < -0.4 is 9.47 Å². The number of aryl methyl sites for hydroxylation is 1. The number of sulfonamides is 1. The number of benzene rings is 1. The van der Waals surface area contributed by atoms with Gasteiger partial charge in [-0.05, 0) is 31.5 Å². The Morgan fingerprint density at radius 3 is 2.72 bits per heavy atom. The lowest BCUT2D eigenvalue weighted by atomic mass is 10.2. The highest BCUT2D eigenvalue weighted by Gasteiger charge is 2.28. The summed E-state index contributed by atoms with van der Waals surface area (Å²) in [7, 11) is -2.00. The molecule has 25 heavy (non-hydrogen) atoms. The van der Waals surface area contributed by atoms with E-state index in [1.54, 1.807) is 38.6 Å². The third-order valence-corrected chi connectivity index (χ3v) is 6.71. The second-order valence-corrected chi connectivity index (χ2v) is 8.28. The van der Waals surface area contributed by atoms with Crippen LogP contribution in [0.15, 0.2) is 17.0 Å². The minimum absolute atomic E-state index is 0.143. The molecule has 0 N–H and O–H groups in total. The molecule has 0 unspecified atom stereocenters. The van der Waals surface area contributed by atoms with Gasteiger partial charge in [-0.3, -0.25) is 4.68 Å². The molecule has 1 aromatic heterocycles. The number of halogens is 1. The molecular weight excluding hydrogens is 366 g/mol. The zero-order valence-electron chi connectivity index (χ0n) is 14.5. The molecule has 136 valence electrons. The third-order valence-electron chi connectivity index (χ3n) is 4.25. The van der Waals surface area contributed by atoms with Gasteiger partial charge in [-0.25, -0.2) is 12.7 Å². The molecule has 0 amide bonds. The zero-order chi connectivity index (χ0) is 18.4. The summed E-state index contributed by atoms with van der Waals surface area (Å²) in [6.07, 6.45) is 0. The molecule has 0 saturated carbocycles. The maximum absolute atomic E-state index is 12.7.